The molecule has 0 saturated heterocycles. The van der Waals surface area contributed by atoms with Crippen LogP contribution in [0.2, 0.25) is 0 Å². The lowest BCUT2D eigenvalue weighted by molar-refractivity contribution is -0.125. The zero-order chi connectivity index (χ0) is 33.8. The first-order valence-electron chi connectivity index (χ1n) is 15.3. The predicted molar refractivity (Wildman–Crippen MR) is 200 cm³/mol. The molecule has 15 heteroatoms. The number of carbonyl (C=O) groups is 3. The van der Waals surface area contributed by atoms with Crippen LogP contribution >= 0.6 is 11.6 Å². The van der Waals surface area contributed by atoms with Gasteiger partial charge in [0.25, 0.3) is 0 Å². The molecule has 0 atom stereocenters. The number of unbranched alkanes of at least 4 members (excludes halogenated alkanes) is 12. The molecule has 0 spiro atoms. The van der Waals surface area contributed by atoms with Crippen molar-refractivity contribution in [3.63, 3.8) is 0 Å². The van der Waals surface area contributed by atoms with Gasteiger partial charge in [-0.2, -0.15) is 0 Å². The zero-order valence-corrected chi connectivity index (χ0v) is 31.3. The molecule has 0 radical (unpaired) electrons. The lowest BCUT2D eigenvalue weighted by Crippen LogP contribution is -2.17. The average Bonchev–Trinajstić information content (AvgIpc) is 3.02. The number of nitrogens with two attached hydrogens (primary N) is 1. The third kappa shape index (κ3) is 38.3. The van der Waals surface area contributed by atoms with Gasteiger partial charge in [0.2, 0.25) is 23.0 Å². The first-order chi connectivity index (χ1) is 21.8. The summed E-state index contributed by atoms with van der Waals surface area (Å²) in [4.78, 5) is 48.7. The highest BCUT2D eigenvalue weighted by Crippen LogP contribution is 2.10. The van der Waals surface area contributed by atoms with Crippen LogP contribution < -0.4 is 11.1 Å². The summed E-state index contributed by atoms with van der Waals surface area (Å²) < 4.78 is 0. The number of hydrogen-bond donors (Lipinski definition) is 2. The van der Waals surface area contributed by atoms with E-state index < -0.39 is 0 Å². The van der Waals surface area contributed by atoms with E-state index in [1.807, 2.05) is 0 Å². The number of hydrogen-bond acceptors (Lipinski definition) is 10. The first kappa shape index (κ1) is 45.3. The number of carbonyl (C=O) groups excluding carboxylic acids is 3. The number of ketones is 1. The lowest BCUT2D eigenvalue weighted by atomic mass is 10.1. The Hall–Kier alpha value is -1.84. The molecule has 45 heavy (non-hydrogen) atoms. The molecule has 0 unspecified atom stereocenters. The fraction of sp³-hybridized carbons (Fsp3) is 0.633. The molecule has 0 bridgehead atoms. The van der Waals surface area contributed by atoms with Crippen molar-refractivity contribution in [3.8, 4) is 0 Å². The minimum absolute atomic E-state index is 0.0167. The molecule has 0 aromatic carbocycles. The summed E-state index contributed by atoms with van der Waals surface area (Å²) in [5.74, 6) is 0.208. The third-order valence-corrected chi connectivity index (χ3v) is 10.5. The summed E-state index contributed by atoms with van der Waals surface area (Å²) >= 11 is 14.1. The van der Waals surface area contributed by atoms with E-state index in [0.29, 0.717) is 18.8 Å². The van der Waals surface area contributed by atoms with Gasteiger partial charge in [0.05, 0.1) is 6.42 Å². The summed E-state index contributed by atoms with van der Waals surface area (Å²) in [6, 6.07) is 3.39. The van der Waals surface area contributed by atoms with Gasteiger partial charge < -0.3 is 5.73 Å². The van der Waals surface area contributed by atoms with E-state index in [2.05, 4.69) is 61.5 Å². The van der Waals surface area contributed by atoms with E-state index in [4.69, 9.17) is 17.3 Å². The summed E-state index contributed by atoms with van der Waals surface area (Å²) in [5, 5.41) is 2.32. The summed E-state index contributed by atoms with van der Waals surface area (Å²) in [5.41, 5.74) is 5.14. The molecule has 254 valence electrons. The number of nitrogen functional groups attached to an aromatic ring is 1. The molecule has 2 aromatic rings. The molecule has 0 aliphatic rings. The first-order valence-corrected chi connectivity index (χ1v) is 21.1. The molecule has 3 N–H and O–H groups in total. The van der Waals surface area contributed by atoms with Gasteiger partial charge in [-0.05, 0) is 36.6 Å². The Kier molecular flexibility index (Phi) is 36.9. The number of rotatable bonds is 19. The van der Waals surface area contributed by atoms with Crippen LogP contribution in [0.4, 0.5) is 11.9 Å². The van der Waals surface area contributed by atoms with Crippen molar-refractivity contribution in [3.05, 3.63) is 36.9 Å². The Balaban J connectivity index is 0. The standard InChI is InChI=1S/C16H25N3O2.C10H19ClO.C4H5N3.S5/c1-2-3-4-5-6-7-8-10-14(20)13-15(21)19-16-17-11-9-12-18-16;1-2-3-4-5-6-7-8-9-10(11)12;5-4-6-2-1-3-7-4;1-3-5-4-2/h9,11-12H,2-8,10,13H2,1H3,(H,17,18,19,21);2-9H2,1H3;1-3H,(H2,5,6,7);. The lowest BCUT2D eigenvalue weighted by Gasteiger charge is -2.03. The monoisotopic (exact) mass is 736 g/mol. The normalized spacial score (nSPS) is 9.49. The molecule has 1 amide bonds. The van der Waals surface area contributed by atoms with Gasteiger partial charge in [-0.25, -0.2) is 19.9 Å². The van der Waals surface area contributed by atoms with Crippen LogP contribution in [-0.2, 0) is 63.4 Å². The van der Waals surface area contributed by atoms with Crippen molar-refractivity contribution in [2.24, 2.45) is 0 Å². The average molecular weight is 738 g/mol. The van der Waals surface area contributed by atoms with Gasteiger partial charge in [0.1, 0.15) is 5.78 Å². The van der Waals surface area contributed by atoms with Crippen molar-refractivity contribution < 1.29 is 14.4 Å². The van der Waals surface area contributed by atoms with Crippen molar-refractivity contribution in [2.45, 2.75) is 123 Å². The predicted octanol–water partition coefficient (Wildman–Crippen LogP) is 7.45. The fourth-order valence-electron chi connectivity index (χ4n) is 3.62. The fourth-order valence-corrected chi connectivity index (χ4v) is 6.50. The molecule has 2 rings (SSSR count). The maximum Gasteiger partial charge on any atom is 0.234 e. The summed E-state index contributed by atoms with van der Waals surface area (Å²) in [6.45, 7) is 4.41. The quantitative estimate of drug-likeness (QED) is 0.0849. The summed E-state index contributed by atoms with van der Waals surface area (Å²) in [7, 11) is 3.95. The maximum absolute atomic E-state index is 11.7. The number of Topliss-reactive ketones (excluding diaryl/α,β-unsaturated/α-hetero) is 1. The van der Waals surface area contributed by atoms with Gasteiger partial charge in [0.15, 0.2) is 0 Å². The number of nitrogens with one attached hydrogen (secondary N) is 1. The second-order valence-corrected chi connectivity index (χ2v) is 15.5. The molecule has 9 nitrogen and oxygen atoms in total. The van der Waals surface area contributed by atoms with E-state index in [9.17, 15) is 14.4 Å². The van der Waals surface area contributed by atoms with Crippen LogP contribution in [0.1, 0.15) is 123 Å². The Labute approximate surface area is 293 Å². The van der Waals surface area contributed by atoms with Crippen LogP contribution in [-0.4, -0.2) is 36.9 Å². The van der Waals surface area contributed by atoms with E-state index in [1.165, 1.54) is 90.8 Å². The number of halogens is 1. The number of aromatic nitrogens is 4. The van der Waals surface area contributed by atoms with Crippen LogP contribution in [0.3, 0.4) is 0 Å². The van der Waals surface area contributed by atoms with Gasteiger partial charge in [-0.15, -0.1) is 0 Å². The minimum Gasteiger partial charge on any atom is -0.368 e. The molecule has 0 saturated carbocycles. The van der Waals surface area contributed by atoms with E-state index in [1.54, 1.807) is 36.9 Å². The number of anilines is 2. The van der Waals surface area contributed by atoms with Crippen LogP contribution in [0, 0.1) is 0 Å². The highest BCUT2D eigenvalue weighted by molar-refractivity contribution is 8.59. The summed E-state index contributed by atoms with van der Waals surface area (Å²) in [6.07, 6.45) is 24.1. The Morgan fingerprint density at radius 3 is 1.51 bits per heavy atom. The molecule has 0 aliphatic heterocycles. The Bertz CT molecular complexity index is 1120. The van der Waals surface area contributed by atoms with Crippen molar-refractivity contribution >= 4 is 89.4 Å². The van der Waals surface area contributed by atoms with Crippen molar-refractivity contribution in [1.82, 2.24) is 19.9 Å². The molecule has 0 fully saturated rings. The smallest absolute Gasteiger partial charge is 0.234 e. The van der Waals surface area contributed by atoms with Gasteiger partial charge in [-0.1, -0.05) is 90.9 Å². The maximum atomic E-state index is 11.7. The molecular weight excluding hydrogens is 688 g/mol. The Morgan fingerprint density at radius 2 is 1.13 bits per heavy atom. The second kappa shape index (κ2) is 36.6. The van der Waals surface area contributed by atoms with Crippen molar-refractivity contribution in [1.29, 1.82) is 0 Å². The van der Waals surface area contributed by atoms with Gasteiger partial charge in [-0.3, -0.25) is 19.7 Å². The van der Waals surface area contributed by atoms with E-state index in [-0.39, 0.29) is 29.3 Å². The molecule has 0 aliphatic carbocycles. The number of nitrogens with zero attached hydrogens (tertiary/aromatic N) is 4. The topological polar surface area (TPSA) is 141 Å². The highest BCUT2D eigenvalue weighted by atomic mass is 35.5. The van der Waals surface area contributed by atoms with Crippen LogP contribution in [0.15, 0.2) is 36.9 Å². The molecular formula is C30H49ClN6O3S5. The molecule has 2 heterocycles. The van der Waals surface area contributed by atoms with E-state index >= 15 is 0 Å². The van der Waals surface area contributed by atoms with Gasteiger partial charge in [0, 0.05) is 86.6 Å². The zero-order valence-electron chi connectivity index (χ0n) is 26.5. The Morgan fingerprint density at radius 1 is 0.711 bits per heavy atom. The molecule has 2 aromatic heterocycles. The third-order valence-electron chi connectivity index (χ3n) is 5.85. The largest absolute Gasteiger partial charge is 0.368 e. The second-order valence-electron chi connectivity index (χ2n) is 9.74. The van der Waals surface area contributed by atoms with Crippen LogP contribution in [0.25, 0.3) is 0 Å². The van der Waals surface area contributed by atoms with Crippen molar-refractivity contribution in [2.75, 3.05) is 11.1 Å². The number of amides is 1. The van der Waals surface area contributed by atoms with Crippen LogP contribution in [0.5, 0.6) is 0 Å². The highest BCUT2D eigenvalue weighted by Gasteiger charge is 2.10. The van der Waals surface area contributed by atoms with E-state index in [0.717, 1.165) is 25.7 Å². The minimum atomic E-state index is -0.339. The SMILES string of the molecule is CCCCCCCCCC(=O)CC(=O)Nc1ncccn1.CCCCCCCCCC(=O)Cl.Nc1ncccn1.S=S=S=S=S. The van der Waals surface area contributed by atoms with Gasteiger partial charge >= 0.3 is 0 Å².